The van der Waals surface area contributed by atoms with Gasteiger partial charge in [0.1, 0.15) is 11.9 Å². The van der Waals surface area contributed by atoms with E-state index in [0.29, 0.717) is 17.6 Å². The second-order valence-electron chi connectivity index (χ2n) is 11.9. The molecule has 0 aromatic heterocycles. The fourth-order valence-corrected chi connectivity index (χ4v) is 9.10. The highest BCUT2D eigenvalue weighted by Gasteiger charge is 2.68. The number of fused-ring (bicyclic) bond motifs is 5. The van der Waals surface area contributed by atoms with Crippen molar-refractivity contribution in [2.24, 2.45) is 39.4 Å². The van der Waals surface area contributed by atoms with Gasteiger partial charge >= 0.3 is 5.97 Å². The summed E-state index contributed by atoms with van der Waals surface area (Å²) in [5, 5.41) is 0. The number of hydrogen-bond donors (Lipinski definition) is 0. The van der Waals surface area contributed by atoms with Crippen molar-refractivity contribution in [3.05, 3.63) is 0 Å². The van der Waals surface area contributed by atoms with Gasteiger partial charge in [-0.15, -0.1) is 0 Å². The lowest BCUT2D eigenvalue weighted by atomic mass is 9.34. The molecule has 4 rings (SSSR count). The third kappa shape index (κ3) is 2.53. The van der Waals surface area contributed by atoms with Gasteiger partial charge in [0.05, 0.1) is 0 Å². The third-order valence-electron chi connectivity index (χ3n) is 10.6. The van der Waals surface area contributed by atoms with Gasteiger partial charge in [-0.1, -0.05) is 34.6 Å². The van der Waals surface area contributed by atoms with Crippen LogP contribution in [-0.4, -0.2) is 17.9 Å². The normalized spacial score (nSPS) is 50.1. The lowest BCUT2D eigenvalue weighted by Gasteiger charge is -2.70. The van der Waals surface area contributed by atoms with Crippen LogP contribution < -0.4 is 0 Å². The van der Waals surface area contributed by atoms with Crippen LogP contribution in [0.1, 0.15) is 99.3 Å². The lowest BCUT2D eigenvalue weighted by molar-refractivity contribution is -0.231. The van der Waals surface area contributed by atoms with Crippen molar-refractivity contribution >= 4 is 11.8 Å². The zero-order chi connectivity index (χ0) is 20.5. The molecule has 3 heteroatoms. The Balaban J connectivity index is 1.70. The van der Waals surface area contributed by atoms with E-state index in [4.69, 9.17) is 4.74 Å². The predicted molar refractivity (Wildman–Crippen MR) is 111 cm³/mol. The summed E-state index contributed by atoms with van der Waals surface area (Å²) in [5.41, 5.74) is 0.708. The molecule has 0 aromatic rings. The second-order valence-corrected chi connectivity index (χ2v) is 11.9. The molecule has 7 atom stereocenters. The van der Waals surface area contributed by atoms with Crippen LogP contribution in [0.2, 0.25) is 0 Å². The van der Waals surface area contributed by atoms with Gasteiger partial charge in [-0.25, -0.2) is 0 Å². The van der Waals surface area contributed by atoms with Crippen LogP contribution in [0, 0.1) is 39.4 Å². The third-order valence-corrected chi connectivity index (χ3v) is 10.6. The minimum Gasteiger partial charge on any atom is -0.462 e. The maximum atomic E-state index is 12.8. The second kappa shape index (κ2) is 6.32. The highest BCUT2D eigenvalue weighted by atomic mass is 16.5. The molecule has 4 saturated carbocycles. The van der Waals surface area contributed by atoms with Gasteiger partial charge in [-0.3, -0.25) is 9.59 Å². The summed E-state index contributed by atoms with van der Waals surface area (Å²) in [7, 11) is 0. The van der Waals surface area contributed by atoms with E-state index < -0.39 is 0 Å². The number of hydrogen-bond acceptors (Lipinski definition) is 3. The summed E-state index contributed by atoms with van der Waals surface area (Å²) < 4.78 is 5.80. The Bertz CT molecular complexity index is 681. The Morgan fingerprint density at radius 3 is 2.29 bits per heavy atom. The van der Waals surface area contributed by atoms with Gasteiger partial charge in [0, 0.05) is 24.7 Å². The summed E-state index contributed by atoms with van der Waals surface area (Å²) in [4.78, 5) is 24.5. The average Bonchev–Trinajstić information content (AvgIpc) is 2.58. The van der Waals surface area contributed by atoms with E-state index in [1.165, 1.54) is 25.7 Å². The molecule has 0 N–H and O–H groups in total. The molecule has 28 heavy (non-hydrogen) atoms. The van der Waals surface area contributed by atoms with Crippen molar-refractivity contribution in [1.82, 2.24) is 0 Å². The van der Waals surface area contributed by atoms with E-state index in [-0.39, 0.29) is 39.7 Å². The summed E-state index contributed by atoms with van der Waals surface area (Å²) >= 11 is 0. The summed E-state index contributed by atoms with van der Waals surface area (Å²) in [6, 6.07) is 0. The first kappa shape index (κ1) is 20.4. The zero-order valence-electron chi connectivity index (χ0n) is 18.9. The smallest absolute Gasteiger partial charge is 0.302 e. The van der Waals surface area contributed by atoms with Crippen LogP contribution in [0.15, 0.2) is 0 Å². The van der Waals surface area contributed by atoms with Crippen molar-refractivity contribution in [1.29, 1.82) is 0 Å². The number of ketones is 1. The average molecular weight is 389 g/mol. The van der Waals surface area contributed by atoms with Gasteiger partial charge in [0.25, 0.3) is 0 Å². The molecule has 0 aliphatic heterocycles. The molecule has 0 bridgehead atoms. The van der Waals surface area contributed by atoms with Crippen LogP contribution in [0.25, 0.3) is 0 Å². The predicted octanol–water partition coefficient (Wildman–Crippen LogP) is 5.95. The molecule has 0 aromatic carbocycles. The quantitative estimate of drug-likeness (QED) is 0.522. The van der Waals surface area contributed by atoms with Crippen LogP contribution in [0.4, 0.5) is 0 Å². The minimum absolute atomic E-state index is 0.0140. The number of rotatable bonds is 1. The molecule has 0 amide bonds. The van der Waals surface area contributed by atoms with E-state index in [2.05, 4.69) is 34.6 Å². The standard InChI is InChI=1S/C25H40O3/c1-16(26)28-21-12-14-23(4)19(22(21,2)3)11-15-25(6)20(23)10-9-17-18(27)8-7-13-24(17,25)5/h17,19-21H,7-15H2,1-6H3/t17-,19+,20-,21+,23+,24-,25-/m1/s1. The van der Waals surface area contributed by atoms with Gasteiger partial charge in [0.15, 0.2) is 0 Å². The van der Waals surface area contributed by atoms with E-state index in [9.17, 15) is 9.59 Å². The number of esters is 1. The van der Waals surface area contributed by atoms with Crippen LogP contribution >= 0.6 is 0 Å². The molecule has 0 spiro atoms. The number of Topliss-reactive ketones (excluding diaryl/α,β-unsaturated/α-hetero) is 1. The minimum atomic E-state index is -0.143. The first-order valence-electron chi connectivity index (χ1n) is 11.7. The molecular formula is C25H40O3. The SMILES string of the molecule is CC(=O)O[C@H]1CC[C@]2(C)[C@H]3CC[C@@H]4C(=O)CCC[C@@]4(C)[C@]3(C)CC[C@H]2C1(C)C. The van der Waals surface area contributed by atoms with Crippen molar-refractivity contribution < 1.29 is 14.3 Å². The molecular weight excluding hydrogens is 348 g/mol. The van der Waals surface area contributed by atoms with E-state index in [0.717, 1.165) is 32.1 Å². The highest BCUT2D eigenvalue weighted by molar-refractivity contribution is 5.83. The highest BCUT2D eigenvalue weighted by Crippen LogP contribution is 2.73. The first-order valence-corrected chi connectivity index (χ1v) is 11.7. The molecule has 4 aliphatic carbocycles. The monoisotopic (exact) mass is 388 g/mol. The van der Waals surface area contributed by atoms with E-state index >= 15 is 0 Å². The Morgan fingerprint density at radius 2 is 1.61 bits per heavy atom. The lowest BCUT2D eigenvalue weighted by Crippen LogP contribution is -2.65. The fourth-order valence-electron chi connectivity index (χ4n) is 9.10. The Labute approximate surface area is 171 Å². The molecule has 0 saturated heterocycles. The first-order chi connectivity index (χ1) is 13.0. The van der Waals surface area contributed by atoms with Gasteiger partial charge < -0.3 is 4.74 Å². The Kier molecular flexibility index (Phi) is 4.61. The van der Waals surface area contributed by atoms with Crippen molar-refractivity contribution in [2.45, 2.75) is 105 Å². The molecule has 4 fully saturated rings. The van der Waals surface area contributed by atoms with Crippen LogP contribution in [0.5, 0.6) is 0 Å². The molecule has 0 heterocycles. The Hall–Kier alpha value is -0.860. The van der Waals surface area contributed by atoms with Gasteiger partial charge in [-0.2, -0.15) is 0 Å². The molecule has 0 unspecified atom stereocenters. The zero-order valence-corrected chi connectivity index (χ0v) is 18.9. The van der Waals surface area contributed by atoms with E-state index in [1.54, 1.807) is 6.92 Å². The van der Waals surface area contributed by atoms with Gasteiger partial charge in [0.2, 0.25) is 0 Å². The van der Waals surface area contributed by atoms with Gasteiger partial charge in [-0.05, 0) is 79.4 Å². The number of carbonyl (C=O) groups excluding carboxylic acids is 2. The van der Waals surface area contributed by atoms with Crippen molar-refractivity contribution in [3.8, 4) is 0 Å². The molecule has 158 valence electrons. The Morgan fingerprint density at radius 1 is 0.893 bits per heavy atom. The van der Waals surface area contributed by atoms with Crippen LogP contribution in [0.3, 0.4) is 0 Å². The van der Waals surface area contributed by atoms with E-state index in [1.807, 2.05) is 0 Å². The summed E-state index contributed by atoms with van der Waals surface area (Å²) in [5.74, 6) is 1.93. The topological polar surface area (TPSA) is 43.4 Å². The maximum absolute atomic E-state index is 12.8. The van der Waals surface area contributed by atoms with Crippen molar-refractivity contribution in [3.63, 3.8) is 0 Å². The fraction of sp³-hybridized carbons (Fsp3) is 0.920. The maximum Gasteiger partial charge on any atom is 0.302 e. The van der Waals surface area contributed by atoms with Crippen LogP contribution in [-0.2, 0) is 14.3 Å². The summed E-state index contributed by atoms with van der Waals surface area (Å²) in [6.07, 6.45) is 9.97. The largest absolute Gasteiger partial charge is 0.462 e. The molecule has 4 aliphatic rings. The van der Waals surface area contributed by atoms with Crippen molar-refractivity contribution in [2.75, 3.05) is 0 Å². The summed E-state index contributed by atoms with van der Waals surface area (Å²) in [6.45, 7) is 13.8. The molecule has 3 nitrogen and oxygen atoms in total. The number of ether oxygens (including phenoxy) is 1. The number of carbonyl (C=O) groups is 2. The molecule has 0 radical (unpaired) electrons.